The van der Waals surface area contributed by atoms with Crippen LogP contribution in [0.3, 0.4) is 0 Å². The van der Waals surface area contributed by atoms with Crippen molar-refractivity contribution in [1.29, 1.82) is 0 Å². The molecule has 0 saturated heterocycles. The molecule has 2 N–H and O–H groups in total. The van der Waals surface area contributed by atoms with Gasteiger partial charge in [-0.05, 0) is 61.4 Å². The first kappa shape index (κ1) is 22.8. The lowest BCUT2D eigenvalue weighted by Gasteiger charge is -2.09. The predicted molar refractivity (Wildman–Crippen MR) is 119 cm³/mol. The Morgan fingerprint density at radius 3 is 2.45 bits per heavy atom. The van der Waals surface area contributed by atoms with Gasteiger partial charge >= 0.3 is 0 Å². The van der Waals surface area contributed by atoms with Gasteiger partial charge in [-0.2, -0.15) is 5.10 Å². The standard InChI is InChI=1S/C21H24ClN3O3S/c1-15(2)24-20(26)12-28-19-9-5-16(6-10-19)11-23-25-21(27)14-29-13-17-3-7-18(22)8-4-17/h3-11,15H,12-14H2,1-2H3,(H,24,26)(H,25,27)/b23-11-. The summed E-state index contributed by atoms with van der Waals surface area (Å²) in [6.45, 7) is 3.75. The Labute approximate surface area is 180 Å². The van der Waals surface area contributed by atoms with Crippen LogP contribution in [0.25, 0.3) is 0 Å². The molecule has 2 aromatic rings. The van der Waals surface area contributed by atoms with Crippen LogP contribution in [0.2, 0.25) is 5.02 Å². The van der Waals surface area contributed by atoms with Gasteiger partial charge in [-0.25, -0.2) is 5.43 Å². The van der Waals surface area contributed by atoms with Crippen LogP contribution in [-0.4, -0.2) is 36.4 Å². The van der Waals surface area contributed by atoms with E-state index in [1.165, 1.54) is 11.8 Å². The Bertz CT molecular complexity index is 824. The molecule has 0 aliphatic rings. The zero-order chi connectivity index (χ0) is 21.1. The highest BCUT2D eigenvalue weighted by molar-refractivity contribution is 7.99. The van der Waals surface area contributed by atoms with Crippen LogP contribution in [0.4, 0.5) is 0 Å². The van der Waals surface area contributed by atoms with Crippen molar-refractivity contribution in [2.75, 3.05) is 12.4 Å². The Morgan fingerprint density at radius 1 is 1.10 bits per heavy atom. The topological polar surface area (TPSA) is 79.8 Å². The second-order valence-electron chi connectivity index (χ2n) is 6.49. The second-order valence-corrected chi connectivity index (χ2v) is 7.91. The van der Waals surface area contributed by atoms with Crippen molar-refractivity contribution in [1.82, 2.24) is 10.7 Å². The minimum atomic E-state index is -0.170. The average molecular weight is 434 g/mol. The molecule has 0 aliphatic heterocycles. The summed E-state index contributed by atoms with van der Waals surface area (Å²) in [4.78, 5) is 23.4. The number of thioether (sulfide) groups is 1. The maximum Gasteiger partial charge on any atom is 0.258 e. The molecule has 2 rings (SSSR count). The zero-order valence-corrected chi connectivity index (χ0v) is 17.9. The van der Waals surface area contributed by atoms with Crippen LogP contribution in [0.15, 0.2) is 53.6 Å². The van der Waals surface area contributed by atoms with Crippen LogP contribution in [-0.2, 0) is 15.3 Å². The third-order valence-electron chi connectivity index (χ3n) is 3.52. The van der Waals surface area contributed by atoms with Gasteiger partial charge in [-0.15, -0.1) is 11.8 Å². The van der Waals surface area contributed by atoms with Gasteiger partial charge in [0.05, 0.1) is 12.0 Å². The van der Waals surface area contributed by atoms with E-state index in [1.54, 1.807) is 30.5 Å². The molecule has 2 amide bonds. The Hall–Kier alpha value is -2.51. The van der Waals surface area contributed by atoms with Crippen LogP contribution in [0.5, 0.6) is 5.75 Å². The smallest absolute Gasteiger partial charge is 0.258 e. The molecule has 0 heterocycles. The third-order valence-corrected chi connectivity index (χ3v) is 4.77. The summed E-state index contributed by atoms with van der Waals surface area (Å²) in [5.41, 5.74) is 4.42. The van der Waals surface area contributed by atoms with Crippen LogP contribution < -0.4 is 15.5 Å². The highest BCUT2D eigenvalue weighted by atomic mass is 35.5. The lowest BCUT2D eigenvalue weighted by Crippen LogP contribution is -2.34. The van der Waals surface area contributed by atoms with Gasteiger partial charge in [-0.1, -0.05) is 23.7 Å². The third kappa shape index (κ3) is 9.49. The number of carbonyl (C=O) groups is 2. The van der Waals surface area contributed by atoms with Gasteiger partial charge in [0.1, 0.15) is 5.75 Å². The molecule has 0 fully saturated rings. The van der Waals surface area contributed by atoms with Crippen molar-refractivity contribution in [3.05, 3.63) is 64.7 Å². The number of ether oxygens (including phenoxy) is 1. The van der Waals surface area contributed by atoms with Crippen molar-refractivity contribution in [3.8, 4) is 5.75 Å². The second kappa shape index (κ2) is 12.1. The van der Waals surface area contributed by atoms with Gasteiger partial charge < -0.3 is 10.1 Å². The molecule has 2 aromatic carbocycles. The number of hydrogen-bond acceptors (Lipinski definition) is 5. The van der Waals surface area contributed by atoms with E-state index in [-0.39, 0.29) is 24.5 Å². The Morgan fingerprint density at radius 2 is 1.79 bits per heavy atom. The summed E-state index contributed by atoms with van der Waals surface area (Å²) in [7, 11) is 0. The monoisotopic (exact) mass is 433 g/mol. The van der Waals surface area contributed by atoms with Crippen molar-refractivity contribution in [2.45, 2.75) is 25.6 Å². The number of nitrogens with one attached hydrogen (secondary N) is 2. The van der Waals surface area contributed by atoms with Gasteiger partial charge in [0, 0.05) is 16.8 Å². The first-order valence-electron chi connectivity index (χ1n) is 9.08. The summed E-state index contributed by atoms with van der Waals surface area (Å²) in [5, 5.41) is 7.41. The number of rotatable bonds is 10. The first-order chi connectivity index (χ1) is 13.9. The fourth-order valence-corrected chi connectivity index (χ4v) is 3.12. The molecule has 0 aliphatic carbocycles. The highest BCUT2D eigenvalue weighted by Gasteiger charge is 2.04. The molecular weight excluding hydrogens is 410 g/mol. The number of hydrazone groups is 1. The quantitative estimate of drug-likeness (QED) is 0.443. The SMILES string of the molecule is CC(C)NC(=O)COc1ccc(/C=N\NC(=O)CSCc2ccc(Cl)cc2)cc1. The summed E-state index contributed by atoms with van der Waals surface area (Å²) in [5.74, 6) is 1.29. The van der Waals surface area contributed by atoms with E-state index in [2.05, 4.69) is 15.8 Å². The van der Waals surface area contributed by atoms with Gasteiger partial charge in [-0.3, -0.25) is 9.59 Å². The fourth-order valence-electron chi connectivity index (χ4n) is 2.22. The van der Waals surface area contributed by atoms with E-state index in [1.807, 2.05) is 38.1 Å². The maximum atomic E-state index is 11.8. The lowest BCUT2D eigenvalue weighted by atomic mass is 10.2. The lowest BCUT2D eigenvalue weighted by molar-refractivity contribution is -0.123. The van der Waals surface area contributed by atoms with Gasteiger partial charge in [0.2, 0.25) is 5.91 Å². The molecule has 0 saturated carbocycles. The molecule has 0 unspecified atom stereocenters. The number of amides is 2. The van der Waals surface area contributed by atoms with Crippen LogP contribution in [0, 0.1) is 0 Å². The van der Waals surface area contributed by atoms with E-state index < -0.39 is 0 Å². The average Bonchev–Trinajstić information content (AvgIpc) is 2.68. The Balaban J connectivity index is 1.67. The normalized spacial score (nSPS) is 10.9. The zero-order valence-electron chi connectivity index (χ0n) is 16.4. The molecular formula is C21H24ClN3O3S. The molecule has 0 bridgehead atoms. The number of halogens is 1. The molecule has 0 atom stereocenters. The fraction of sp³-hybridized carbons (Fsp3) is 0.286. The number of nitrogens with zero attached hydrogens (tertiary/aromatic N) is 1. The number of carbonyl (C=O) groups excluding carboxylic acids is 2. The number of benzene rings is 2. The summed E-state index contributed by atoms with van der Waals surface area (Å²) >= 11 is 7.35. The molecule has 154 valence electrons. The molecule has 0 radical (unpaired) electrons. The van der Waals surface area contributed by atoms with Crippen molar-refractivity contribution in [2.24, 2.45) is 5.10 Å². The molecule has 8 heteroatoms. The van der Waals surface area contributed by atoms with Crippen molar-refractivity contribution in [3.63, 3.8) is 0 Å². The largest absolute Gasteiger partial charge is 0.484 e. The predicted octanol–water partition coefficient (Wildman–Crippen LogP) is 3.63. The van der Waals surface area contributed by atoms with Crippen LogP contribution >= 0.6 is 23.4 Å². The molecule has 0 spiro atoms. The maximum absolute atomic E-state index is 11.8. The van der Waals surface area contributed by atoms with Crippen molar-refractivity contribution >= 4 is 41.4 Å². The minimum Gasteiger partial charge on any atom is -0.484 e. The van der Waals surface area contributed by atoms with Gasteiger partial charge in [0.15, 0.2) is 6.61 Å². The highest BCUT2D eigenvalue weighted by Crippen LogP contribution is 2.15. The summed E-state index contributed by atoms with van der Waals surface area (Å²) < 4.78 is 5.42. The molecule has 0 aromatic heterocycles. The van der Waals surface area contributed by atoms with E-state index in [9.17, 15) is 9.59 Å². The van der Waals surface area contributed by atoms with Crippen molar-refractivity contribution < 1.29 is 14.3 Å². The number of hydrogen-bond donors (Lipinski definition) is 2. The first-order valence-corrected chi connectivity index (χ1v) is 10.6. The summed E-state index contributed by atoms with van der Waals surface area (Å²) in [6.07, 6.45) is 1.55. The Kier molecular flexibility index (Phi) is 9.53. The van der Waals surface area contributed by atoms with E-state index in [0.29, 0.717) is 16.5 Å². The van der Waals surface area contributed by atoms with Crippen LogP contribution in [0.1, 0.15) is 25.0 Å². The minimum absolute atomic E-state index is 0.0324. The van der Waals surface area contributed by atoms with E-state index in [4.69, 9.17) is 16.3 Å². The van der Waals surface area contributed by atoms with Gasteiger partial charge in [0.25, 0.3) is 5.91 Å². The summed E-state index contributed by atoms with van der Waals surface area (Å²) in [6, 6.07) is 14.7. The van der Waals surface area contributed by atoms with E-state index in [0.717, 1.165) is 16.9 Å². The molecule has 29 heavy (non-hydrogen) atoms. The molecule has 6 nitrogen and oxygen atoms in total. The van der Waals surface area contributed by atoms with E-state index >= 15 is 0 Å².